The fraction of sp³-hybridized carbons (Fsp3) is 0.100. The summed E-state index contributed by atoms with van der Waals surface area (Å²) in [7, 11) is 0. The summed E-state index contributed by atoms with van der Waals surface area (Å²) in [4.78, 5) is 13.2. The quantitative estimate of drug-likeness (QED) is 0.240. The van der Waals surface area contributed by atoms with Crippen LogP contribution in [-0.4, -0.2) is 15.0 Å². The van der Waals surface area contributed by atoms with Crippen LogP contribution in [0.4, 0.5) is 0 Å². The van der Waals surface area contributed by atoms with Crippen LogP contribution in [0.1, 0.15) is 18.6 Å². The lowest BCUT2D eigenvalue weighted by molar-refractivity contribution is 0.0943. The number of hydrogen-bond acceptors (Lipinski definition) is 1. The zero-order valence-electron chi connectivity index (χ0n) is 19.3. The molecule has 0 aliphatic heterocycles. The highest BCUT2D eigenvalue weighted by molar-refractivity contribution is 6.31. The first-order chi connectivity index (χ1) is 17.0. The molecule has 0 unspecified atom stereocenters. The van der Waals surface area contributed by atoms with Gasteiger partial charge in [0.05, 0.1) is 11.2 Å². The highest BCUT2D eigenvalue weighted by Crippen LogP contribution is 2.44. The first-order valence-corrected chi connectivity index (χ1v) is 12.4. The second kappa shape index (κ2) is 8.30. The Morgan fingerprint density at radius 1 is 0.714 bits per heavy atom. The average molecular weight is 497 g/mol. The van der Waals surface area contributed by atoms with E-state index >= 15 is 0 Å². The Morgan fingerprint density at radius 2 is 1.31 bits per heavy atom. The molecule has 0 bridgehead atoms. The highest BCUT2D eigenvalue weighted by atomic mass is 35.5. The summed E-state index contributed by atoms with van der Waals surface area (Å²) >= 11 is 12.4. The minimum Gasteiger partial charge on any atom is -0.341 e. The van der Waals surface area contributed by atoms with E-state index in [9.17, 15) is 4.79 Å². The Hall–Kier alpha value is -3.53. The molecule has 2 heterocycles. The number of aromatic nitrogens is 2. The molecule has 4 aromatic carbocycles. The van der Waals surface area contributed by atoms with Crippen LogP contribution in [0.5, 0.6) is 0 Å². The summed E-state index contributed by atoms with van der Waals surface area (Å²) < 4.78 is 4.17. The molecule has 6 aromatic rings. The summed E-state index contributed by atoms with van der Waals surface area (Å²) in [6.07, 6.45) is 0. The van der Waals surface area contributed by atoms with Gasteiger partial charge in [0.25, 0.3) is 0 Å². The van der Waals surface area contributed by atoms with Gasteiger partial charge < -0.3 is 4.57 Å². The van der Waals surface area contributed by atoms with Crippen molar-refractivity contribution in [3.05, 3.63) is 95.0 Å². The molecule has 0 radical (unpaired) electrons. The smallest absolute Gasteiger partial charge is 0.228 e. The lowest BCUT2D eigenvalue weighted by atomic mass is 9.97. The predicted molar refractivity (Wildman–Crippen MR) is 148 cm³/mol. The monoisotopic (exact) mass is 496 g/mol. The summed E-state index contributed by atoms with van der Waals surface area (Å²) in [5.41, 5.74) is 7.02. The molecule has 6 rings (SSSR count). The highest BCUT2D eigenvalue weighted by Gasteiger charge is 2.24. The number of fused-ring (bicyclic) bond motifs is 4. The Morgan fingerprint density at radius 3 is 1.94 bits per heavy atom. The van der Waals surface area contributed by atoms with E-state index in [0.29, 0.717) is 10.0 Å². The van der Waals surface area contributed by atoms with E-state index in [2.05, 4.69) is 47.9 Å². The molecule has 0 fully saturated rings. The second-order valence-electron chi connectivity index (χ2n) is 8.74. The van der Waals surface area contributed by atoms with Crippen molar-refractivity contribution in [3.63, 3.8) is 0 Å². The van der Waals surface area contributed by atoms with E-state index in [-0.39, 0.29) is 5.91 Å². The molecule has 0 aliphatic rings. The molecule has 0 saturated heterocycles. The lowest BCUT2D eigenvalue weighted by Crippen LogP contribution is -2.07. The minimum atomic E-state index is -0.0428. The maximum absolute atomic E-state index is 13.2. The van der Waals surface area contributed by atoms with Crippen LogP contribution in [0.25, 0.3) is 55.1 Å². The third kappa shape index (κ3) is 3.38. The van der Waals surface area contributed by atoms with Crippen LogP contribution in [0, 0.1) is 0 Å². The van der Waals surface area contributed by atoms with Crippen molar-refractivity contribution in [1.82, 2.24) is 9.13 Å². The molecular weight excluding hydrogens is 475 g/mol. The SMILES string of the molecule is CCn1c2ccccc2c2cc3c(cc21)c(-c1ccc(Cl)cc1)c(-c1ccc(Cl)cc1)n3C(C)=O. The molecule has 0 atom stereocenters. The third-order valence-electron chi connectivity index (χ3n) is 6.74. The number of benzene rings is 4. The normalized spacial score (nSPS) is 11.7. The van der Waals surface area contributed by atoms with Crippen LogP contribution < -0.4 is 0 Å². The number of carbonyl (C=O) groups is 1. The van der Waals surface area contributed by atoms with E-state index in [4.69, 9.17) is 23.2 Å². The number of aryl methyl sites for hydroxylation is 1. The van der Waals surface area contributed by atoms with Gasteiger partial charge in [-0.25, -0.2) is 0 Å². The Labute approximate surface area is 213 Å². The van der Waals surface area contributed by atoms with Crippen LogP contribution in [0.15, 0.2) is 84.9 Å². The molecule has 0 N–H and O–H groups in total. The zero-order valence-corrected chi connectivity index (χ0v) is 20.9. The maximum Gasteiger partial charge on any atom is 0.228 e. The fourth-order valence-electron chi connectivity index (χ4n) is 5.29. The summed E-state index contributed by atoms with van der Waals surface area (Å²) in [5, 5.41) is 4.67. The van der Waals surface area contributed by atoms with Gasteiger partial charge in [-0.1, -0.05) is 65.7 Å². The zero-order chi connectivity index (χ0) is 24.3. The van der Waals surface area contributed by atoms with E-state index in [1.165, 1.54) is 10.9 Å². The topological polar surface area (TPSA) is 26.9 Å². The molecule has 0 saturated carbocycles. The van der Waals surface area contributed by atoms with E-state index in [0.717, 1.165) is 50.7 Å². The van der Waals surface area contributed by atoms with Gasteiger partial charge in [-0.3, -0.25) is 9.36 Å². The van der Waals surface area contributed by atoms with Gasteiger partial charge in [0, 0.05) is 56.3 Å². The molecule has 2 aromatic heterocycles. The van der Waals surface area contributed by atoms with Crippen molar-refractivity contribution in [2.45, 2.75) is 20.4 Å². The summed E-state index contributed by atoms with van der Waals surface area (Å²) in [6, 6.07) is 28.3. The molecule has 0 amide bonds. The largest absolute Gasteiger partial charge is 0.341 e. The average Bonchev–Trinajstić information content (AvgIpc) is 3.36. The molecule has 5 heteroatoms. The summed E-state index contributed by atoms with van der Waals surface area (Å²) in [5.74, 6) is -0.0428. The minimum absolute atomic E-state index is 0.0428. The molecule has 0 spiro atoms. The molecule has 3 nitrogen and oxygen atoms in total. The van der Waals surface area contributed by atoms with Gasteiger partial charge in [-0.05, 0) is 60.5 Å². The van der Waals surface area contributed by atoms with Crippen molar-refractivity contribution >= 4 is 61.8 Å². The molecule has 172 valence electrons. The number of nitrogens with zero attached hydrogens (tertiary/aromatic N) is 2. The van der Waals surface area contributed by atoms with Gasteiger partial charge >= 0.3 is 0 Å². The number of carbonyl (C=O) groups excluding carboxylic acids is 1. The van der Waals surface area contributed by atoms with E-state index in [1.54, 1.807) is 6.92 Å². The van der Waals surface area contributed by atoms with Crippen LogP contribution in [-0.2, 0) is 6.54 Å². The van der Waals surface area contributed by atoms with Crippen molar-refractivity contribution in [3.8, 4) is 22.4 Å². The Bertz CT molecular complexity index is 1760. The molecule has 0 aliphatic carbocycles. The number of halogens is 2. The standard InChI is InChI=1S/C30H22Cl2N2O/c1-3-33-26-7-5-4-6-23(26)24-16-28-25(17-27(24)33)29(19-8-12-21(31)13-9-19)30(34(28)18(2)35)20-10-14-22(32)15-11-20/h4-17H,3H2,1-2H3. The van der Waals surface area contributed by atoms with Gasteiger partial charge in [-0.2, -0.15) is 0 Å². The van der Waals surface area contributed by atoms with Crippen molar-refractivity contribution < 1.29 is 4.79 Å². The lowest BCUT2D eigenvalue weighted by Gasteiger charge is -2.10. The number of hydrogen-bond donors (Lipinski definition) is 0. The molecule has 35 heavy (non-hydrogen) atoms. The molecular formula is C30H22Cl2N2O. The fourth-order valence-corrected chi connectivity index (χ4v) is 5.54. The van der Waals surface area contributed by atoms with Gasteiger partial charge in [-0.15, -0.1) is 0 Å². The van der Waals surface area contributed by atoms with Crippen molar-refractivity contribution in [1.29, 1.82) is 0 Å². The second-order valence-corrected chi connectivity index (χ2v) is 9.61. The Kier molecular flexibility index (Phi) is 5.21. The number of para-hydroxylation sites is 1. The number of rotatable bonds is 3. The van der Waals surface area contributed by atoms with Gasteiger partial charge in [0.1, 0.15) is 0 Å². The van der Waals surface area contributed by atoms with Crippen molar-refractivity contribution in [2.24, 2.45) is 0 Å². The summed E-state index contributed by atoms with van der Waals surface area (Å²) in [6.45, 7) is 4.63. The maximum atomic E-state index is 13.2. The van der Waals surface area contributed by atoms with Crippen molar-refractivity contribution in [2.75, 3.05) is 0 Å². The van der Waals surface area contributed by atoms with Crippen LogP contribution in [0.2, 0.25) is 10.0 Å². The van der Waals surface area contributed by atoms with Crippen LogP contribution >= 0.6 is 23.2 Å². The Balaban J connectivity index is 1.83. The van der Waals surface area contributed by atoms with Crippen LogP contribution in [0.3, 0.4) is 0 Å². The third-order valence-corrected chi connectivity index (χ3v) is 7.25. The van der Waals surface area contributed by atoms with E-state index in [1.807, 2.05) is 53.1 Å². The van der Waals surface area contributed by atoms with E-state index < -0.39 is 0 Å². The predicted octanol–water partition coefficient (Wildman–Crippen LogP) is 9.07. The first-order valence-electron chi connectivity index (χ1n) is 11.6. The van der Waals surface area contributed by atoms with Gasteiger partial charge in [0.2, 0.25) is 5.91 Å². The first kappa shape index (κ1) is 22.0. The van der Waals surface area contributed by atoms with Gasteiger partial charge in [0.15, 0.2) is 0 Å².